The zero-order valence-corrected chi connectivity index (χ0v) is 48.4. The molecule has 8 aromatic carbocycles. The summed E-state index contributed by atoms with van der Waals surface area (Å²) in [7, 11) is 0. The van der Waals surface area contributed by atoms with Crippen LogP contribution in [0.5, 0.6) is 0 Å². The predicted molar refractivity (Wildman–Crippen MR) is 336 cm³/mol. The molecule has 12 aromatic rings. The quantitative estimate of drug-likeness (QED) is 0.0568. The molecule has 4 heterocycles. The Morgan fingerprint density at radius 3 is 0.636 bits per heavy atom. The summed E-state index contributed by atoms with van der Waals surface area (Å²) in [4.78, 5) is 82.5. The van der Waals surface area contributed by atoms with Gasteiger partial charge in [-0.2, -0.15) is 0 Å². The number of aromatic nitrogens is 8. The van der Waals surface area contributed by atoms with Gasteiger partial charge in [0, 0.05) is 23.7 Å². The highest BCUT2D eigenvalue weighted by molar-refractivity contribution is 6.07. The molecule has 5 aliphatic rings. The second kappa shape index (κ2) is 18.5. The largest absolute Gasteiger partial charge is 0.481 e. The number of carboxylic acid groups (broad SMARTS) is 4. The average molecular weight is 1160 g/mol. The first kappa shape index (κ1) is 51.9. The van der Waals surface area contributed by atoms with Gasteiger partial charge in [0.25, 0.3) is 0 Å². The van der Waals surface area contributed by atoms with Crippen LogP contribution in [0.4, 0.5) is 0 Å². The van der Waals surface area contributed by atoms with E-state index in [2.05, 4.69) is 145 Å². The minimum atomic E-state index is -0.992. The normalized spacial score (nSPS) is 16.7. The van der Waals surface area contributed by atoms with Gasteiger partial charge in [0.1, 0.15) is 49.0 Å². The van der Waals surface area contributed by atoms with Gasteiger partial charge in [-0.1, -0.05) is 52.0 Å². The van der Waals surface area contributed by atoms with Crippen molar-refractivity contribution >= 4 is 68.0 Å². The maximum absolute atomic E-state index is 12.3. The number of fused-ring (bicyclic) bond motifs is 16. The number of carbonyl (C=O) groups is 4. The van der Waals surface area contributed by atoms with Crippen molar-refractivity contribution in [2.75, 3.05) is 0 Å². The molecule has 88 heavy (non-hydrogen) atoms. The molecule has 0 unspecified atom stereocenters. The van der Waals surface area contributed by atoms with E-state index >= 15 is 0 Å². The van der Waals surface area contributed by atoms with Crippen LogP contribution in [0.3, 0.4) is 0 Å². The SMILES string of the molecule is CC[C@@H]1c2cc3c4cc2-c2cc5nc(CC(=O)O)[nH]c5cc2-c2cc5c(cc21)[C@@H](CC)c1cc2c(cc1-c1cc6[nH]c(CC(=O)O)nc6cc1-5)-c1cc5[nH]c(CC(=O)O)nc5cc1-c1cc(c(cc1[C@@H]2CC)[C@H]3CC)-c1cc2[nH]c(CC(=O)O)nc2cc1-4. The molecule has 0 spiro atoms. The fraction of sp³-hybridized carbons (Fsp3) is 0.222. The fourth-order valence-corrected chi connectivity index (χ4v) is 16.3. The molecule has 8 N–H and O–H groups in total. The van der Waals surface area contributed by atoms with Gasteiger partial charge in [-0.3, -0.25) is 19.2 Å². The number of aromatic amines is 4. The van der Waals surface area contributed by atoms with E-state index < -0.39 is 23.9 Å². The lowest BCUT2D eigenvalue weighted by Crippen LogP contribution is -2.11. The molecule has 0 fully saturated rings. The Kier molecular flexibility index (Phi) is 10.9. The Morgan fingerprint density at radius 1 is 0.284 bits per heavy atom. The summed E-state index contributed by atoms with van der Waals surface area (Å²) in [5.74, 6) is -3.00. The molecule has 16 nitrogen and oxygen atoms in total. The third kappa shape index (κ3) is 7.43. The van der Waals surface area contributed by atoms with Gasteiger partial charge in [-0.05, 0) is 232 Å². The lowest BCUT2D eigenvalue weighted by atomic mass is 9.75. The molecule has 0 radical (unpaired) electrons. The molecule has 0 saturated heterocycles. The summed E-state index contributed by atoms with van der Waals surface area (Å²) in [5, 5.41) is 40.2. The smallest absolute Gasteiger partial charge is 0.311 e. The zero-order valence-electron chi connectivity index (χ0n) is 48.4. The van der Waals surface area contributed by atoms with Crippen molar-refractivity contribution in [3.8, 4) is 89.0 Å². The summed E-state index contributed by atoms with van der Waals surface area (Å²) in [6, 6.07) is 36.6. The van der Waals surface area contributed by atoms with Gasteiger partial charge in [0.2, 0.25) is 0 Å². The maximum atomic E-state index is 12.3. The summed E-state index contributed by atoms with van der Waals surface area (Å²) < 4.78 is 0. The monoisotopic (exact) mass is 1160 g/mol. The Hall–Kier alpha value is -10.5. The van der Waals surface area contributed by atoms with Crippen molar-refractivity contribution in [3.63, 3.8) is 0 Å². The van der Waals surface area contributed by atoms with Crippen LogP contribution in [0.25, 0.3) is 133 Å². The number of rotatable bonds is 12. The van der Waals surface area contributed by atoms with Crippen molar-refractivity contribution in [2.24, 2.45) is 0 Å². The average Bonchev–Trinajstić information content (AvgIpc) is 1.78. The highest BCUT2D eigenvalue weighted by Gasteiger charge is 2.40. The molecule has 4 aromatic heterocycles. The summed E-state index contributed by atoms with van der Waals surface area (Å²) in [6.07, 6.45) is 1.94. The summed E-state index contributed by atoms with van der Waals surface area (Å²) >= 11 is 0. The van der Waals surface area contributed by atoms with E-state index in [1.165, 1.54) is 44.5 Å². The number of H-pyrrole nitrogens is 4. The number of carboxylic acids is 4. The lowest BCUT2D eigenvalue weighted by molar-refractivity contribution is -0.137. The molecule has 0 amide bonds. The molecule has 8 bridgehead atoms. The van der Waals surface area contributed by atoms with Crippen LogP contribution in [-0.2, 0) is 44.9 Å². The molecular formula is C72H56N8O8. The van der Waals surface area contributed by atoms with E-state index in [9.17, 15) is 39.6 Å². The minimum absolute atomic E-state index is 0.109. The van der Waals surface area contributed by atoms with Crippen LogP contribution in [0, 0.1) is 0 Å². The number of hydrogen-bond acceptors (Lipinski definition) is 8. The number of benzene rings is 8. The Labute approximate surface area is 501 Å². The summed E-state index contributed by atoms with van der Waals surface area (Å²) in [5.41, 5.74) is 30.7. The van der Waals surface area contributed by atoms with E-state index in [1.54, 1.807) is 0 Å². The van der Waals surface area contributed by atoms with Crippen LogP contribution < -0.4 is 0 Å². The van der Waals surface area contributed by atoms with Crippen LogP contribution in [0.1, 0.15) is 145 Å². The predicted octanol–water partition coefficient (Wildman–Crippen LogP) is 14.8. The van der Waals surface area contributed by atoms with Crippen molar-refractivity contribution in [2.45, 2.75) is 103 Å². The van der Waals surface area contributed by atoms with Gasteiger partial charge in [0.15, 0.2) is 0 Å². The molecule has 0 saturated carbocycles. The third-order valence-electron chi connectivity index (χ3n) is 19.8. The highest BCUT2D eigenvalue weighted by Crippen LogP contribution is 2.60. The van der Waals surface area contributed by atoms with Gasteiger partial charge < -0.3 is 40.4 Å². The number of aliphatic carboxylic acids is 4. The standard InChI is InChI=1S/C72H56N8O8/c1-5-29-33-9-35-30(6-2)37-11-39-32(8-4)40-12-38-31(7-3)36-10-34(29)42-14-44(36)52-20-60-62(78-67(76-60)27-71(85)86)22-54(52)46(38)16-48(40)56-24-64-63(79-68(80-64)28-72(87)88)23-55(56)47(39)15-45(37)53-21-61-59(75-66(77-61)26-70(83)84)19-51(53)43(35)13-41(33)49-17-57-58(18-50(42)49)74-65(73-57)25-69(81)82/h9-24,29-32H,5-8,25-28H2,1-4H3,(H,73,74)(H,75,77)(H,76,78)(H,79,80)(H,81,82)(H,83,84)(H,85,86)(H,87,88)/t29-,30+,31-,32+. The first-order valence-corrected chi connectivity index (χ1v) is 30.3. The van der Waals surface area contributed by atoms with Crippen molar-refractivity contribution < 1.29 is 39.6 Å². The fourth-order valence-electron chi connectivity index (χ4n) is 16.3. The van der Waals surface area contributed by atoms with E-state index in [4.69, 9.17) is 19.9 Å². The Morgan fingerprint density at radius 2 is 0.466 bits per heavy atom. The highest BCUT2D eigenvalue weighted by atomic mass is 16.4. The van der Waals surface area contributed by atoms with E-state index in [0.717, 1.165) is 115 Å². The third-order valence-corrected chi connectivity index (χ3v) is 19.8. The van der Waals surface area contributed by atoms with Crippen LogP contribution in [0.15, 0.2) is 97.1 Å². The topological polar surface area (TPSA) is 264 Å². The van der Waals surface area contributed by atoms with Crippen molar-refractivity contribution in [1.82, 2.24) is 39.9 Å². The van der Waals surface area contributed by atoms with Gasteiger partial charge in [-0.25, -0.2) is 19.9 Å². The Balaban J connectivity index is 1.09. The van der Waals surface area contributed by atoms with Gasteiger partial charge in [-0.15, -0.1) is 0 Å². The Bertz CT molecular complexity index is 4330. The molecule has 0 aliphatic heterocycles. The molecule has 16 heteroatoms. The first-order chi connectivity index (χ1) is 42.6. The van der Waals surface area contributed by atoms with E-state index in [-0.39, 0.29) is 49.4 Å². The number of nitrogens with one attached hydrogen (secondary N) is 4. The second-order valence-electron chi connectivity index (χ2n) is 24.6. The lowest BCUT2D eigenvalue weighted by Gasteiger charge is -2.28. The molecular weight excluding hydrogens is 1100 g/mol. The first-order valence-electron chi connectivity index (χ1n) is 30.3. The number of nitrogens with zero attached hydrogens (tertiary/aromatic N) is 4. The number of imidazole rings is 4. The summed E-state index contributed by atoms with van der Waals surface area (Å²) in [6.45, 7) is 9.09. The van der Waals surface area contributed by atoms with Crippen LogP contribution in [-0.4, -0.2) is 84.2 Å². The molecule has 432 valence electrons. The van der Waals surface area contributed by atoms with E-state index in [1.807, 2.05) is 0 Å². The van der Waals surface area contributed by atoms with Gasteiger partial charge in [0.05, 0.1) is 44.1 Å². The molecule has 5 aliphatic carbocycles. The maximum Gasteiger partial charge on any atom is 0.311 e. The second-order valence-corrected chi connectivity index (χ2v) is 24.6. The molecule has 4 atom stereocenters. The number of hydrogen-bond donors (Lipinski definition) is 8. The van der Waals surface area contributed by atoms with Crippen molar-refractivity contribution in [1.29, 1.82) is 0 Å². The van der Waals surface area contributed by atoms with Crippen LogP contribution >= 0.6 is 0 Å². The van der Waals surface area contributed by atoms with Crippen molar-refractivity contribution in [3.05, 3.63) is 165 Å². The van der Waals surface area contributed by atoms with Crippen LogP contribution in [0.2, 0.25) is 0 Å². The minimum Gasteiger partial charge on any atom is -0.481 e. The van der Waals surface area contributed by atoms with Gasteiger partial charge >= 0.3 is 23.9 Å². The molecule has 17 rings (SSSR count). The van der Waals surface area contributed by atoms with E-state index in [0.29, 0.717) is 67.4 Å². The zero-order chi connectivity index (χ0) is 60.0.